The van der Waals surface area contributed by atoms with Crippen LogP contribution in [0.4, 0.5) is 0 Å². The van der Waals surface area contributed by atoms with Crippen LogP contribution in [0.15, 0.2) is 23.6 Å². The minimum Gasteiger partial charge on any atom is -0.506 e. The zero-order valence-corrected chi connectivity index (χ0v) is 18.9. The molecule has 0 amide bonds. The lowest BCUT2D eigenvalue weighted by atomic mass is 10.1. The molecule has 2 rings (SSSR count). The Kier molecular flexibility index (Phi) is 11.3. The van der Waals surface area contributed by atoms with Gasteiger partial charge in [0, 0.05) is 71.2 Å². The standard InChI is InChI=1S/C21H40N4O7/c1-22-3-2-16(19(30)11-22)10-23-4-6-24(17(12-26)20(31)14-28)8-9-25(7-5-23)18(13-27)21(32)15-29/h2,11,17-18,20-21,26-32H,3-10,12-15H2,1H3/t17-,18-,20-,21-/m1/s1. The Morgan fingerprint density at radius 3 is 1.66 bits per heavy atom. The second-order valence-electron chi connectivity index (χ2n) is 8.53. The SMILES string of the molecule is CN1C=C(O)C(CN2CCN([C@H](CO)[C@H](O)CO)CCN([C@H](CO)[C@H](O)CO)CC2)=CC1. The van der Waals surface area contributed by atoms with Gasteiger partial charge in [-0.05, 0) is 0 Å². The van der Waals surface area contributed by atoms with Crippen molar-refractivity contribution < 1.29 is 35.7 Å². The first kappa shape index (κ1) is 27.0. The van der Waals surface area contributed by atoms with Crippen LogP contribution in [0.5, 0.6) is 0 Å². The van der Waals surface area contributed by atoms with Gasteiger partial charge < -0.3 is 40.6 Å². The molecule has 0 aliphatic carbocycles. The molecular weight excluding hydrogens is 420 g/mol. The van der Waals surface area contributed by atoms with Crippen molar-refractivity contribution in [2.45, 2.75) is 24.3 Å². The fourth-order valence-corrected chi connectivity index (χ4v) is 4.25. The Morgan fingerprint density at radius 1 is 0.781 bits per heavy atom. The molecule has 32 heavy (non-hydrogen) atoms. The first-order valence-corrected chi connectivity index (χ1v) is 11.1. The Hall–Kier alpha value is -1.28. The fraction of sp³-hybridized carbons (Fsp3) is 0.810. The summed E-state index contributed by atoms with van der Waals surface area (Å²) in [7, 11) is 1.88. The van der Waals surface area contributed by atoms with Crippen LogP contribution in [0, 0.1) is 0 Å². The fourth-order valence-electron chi connectivity index (χ4n) is 4.25. The topological polar surface area (TPSA) is 155 Å². The third-order valence-corrected chi connectivity index (χ3v) is 6.35. The van der Waals surface area contributed by atoms with Crippen LogP contribution < -0.4 is 0 Å². The second-order valence-corrected chi connectivity index (χ2v) is 8.53. The van der Waals surface area contributed by atoms with E-state index in [1.807, 2.05) is 27.8 Å². The van der Waals surface area contributed by atoms with Gasteiger partial charge in [-0.1, -0.05) is 6.08 Å². The van der Waals surface area contributed by atoms with Crippen LogP contribution in [0.3, 0.4) is 0 Å². The van der Waals surface area contributed by atoms with Crippen LogP contribution >= 0.6 is 0 Å². The number of nitrogens with zero attached hydrogens (tertiary/aromatic N) is 4. The summed E-state index contributed by atoms with van der Waals surface area (Å²) in [5, 5.41) is 69.2. The van der Waals surface area contributed by atoms with Crippen LogP contribution in [-0.4, -0.2) is 165 Å². The molecule has 0 aromatic heterocycles. The molecule has 11 nitrogen and oxygen atoms in total. The molecule has 0 aromatic rings. The van der Waals surface area contributed by atoms with Crippen molar-refractivity contribution in [1.82, 2.24) is 19.6 Å². The monoisotopic (exact) mass is 460 g/mol. The highest BCUT2D eigenvalue weighted by atomic mass is 16.3. The van der Waals surface area contributed by atoms with Crippen molar-refractivity contribution in [1.29, 1.82) is 0 Å². The Balaban J connectivity index is 2.22. The van der Waals surface area contributed by atoms with Crippen LogP contribution in [0.2, 0.25) is 0 Å². The molecule has 0 unspecified atom stereocenters. The molecule has 2 aliphatic heterocycles. The molecule has 186 valence electrons. The number of aliphatic hydroxyl groups excluding tert-OH is 7. The van der Waals surface area contributed by atoms with Crippen molar-refractivity contribution in [3.8, 4) is 0 Å². The second kappa shape index (κ2) is 13.4. The van der Waals surface area contributed by atoms with Gasteiger partial charge in [0.25, 0.3) is 0 Å². The van der Waals surface area contributed by atoms with E-state index in [4.69, 9.17) is 0 Å². The summed E-state index contributed by atoms with van der Waals surface area (Å²) in [6, 6.07) is -1.32. The number of aliphatic hydroxyl groups is 7. The maximum atomic E-state index is 10.3. The smallest absolute Gasteiger partial charge is 0.135 e. The summed E-state index contributed by atoms with van der Waals surface area (Å²) in [6.45, 7) is 2.66. The molecule has 7 N–H and O–H groups in total. The Bertz CT molecular complexity index is 591. The van der Waals surface area contributed by atoms with Crippen molar-refractivity contribution in [2.75, 3.05) is 85.8 Å². The summed E-state index contributed by atoms with van der Waals surface area (Å²) in [6.07, 6.45) is 1.43. The lowest BCUT2D eigenvalue weighted by molar-refractivity contribution is -0.0301. The average molecular weight is 461 g/mol. The van der Waals surface area contributed by atoms with Gasteiger partial charge in [-0.15, -0.1) is 0 Å². The first-order valence-electron chi connectivity index (χ1n) is 11.1. The predicted molar refractivity (Wildman–Crippen MR) is 119 cm³/mol. The summed E-state index contributed by atoms with van der Waals surface area (Å²) < 4.78 is 0. The van der Waals surface area contributed by atoms with Gasteiger partial charge in [0.2, 0.25) is 0 Å². The maximum absolute atomic E-state index is 10.3. The van der Waals surface area contributed by atoms with Gasteiger partial charge in [0.1, 0.15) is 5.76 Å². The van der Waals surface area contributed by atoms with Crippen LogP contribution in [0.1, 0.15) is 0 Å². The molecule has 0 spiro atoms. The average Bonchev–Trinajstić information content (AvgIpc) is 2.88. The zero-order valence-electron chi connectivity index (χ0n) is 18.9. The molecule has 1 saturated heterocycles. The van der Waals surface area contributed by atoms with E-state index in [1.54, 1.807) is 6.20 Å². The van der Waals surface area contributed by atoms with E-state index in [-0.39, 0.29) is 19.0 Å². The summed E-state index contributed by atoms with van der Waals surface area (Å²) in [4.78, 5) is 7.80. The van der Waals surface area contributed by atoms with Gasteiger partial charge in [-0.2, -0.15) is 0 Å². The number of hydrogen-bond donors (Lipinski definition) is 7. The first-order chi connectivity index (χ1) is 15.3. The highest BCUT2D eigenvalue weighted by Crippen LogP contribution is 2.17. The van der Waals surface area contributed by atoms with Crippen molar-refractivity contribution in [3.63, 3.8) is 0 Å². The van der Waals surface area contributed by atoms with E-state index in [9.17, 15) is 35.7 Å². The van der Waals surface area contributed by atoms with E-state index in [0.29, 0.717) is 52.4 Å². The molecule has 2 aliphatic rings. The minimum absolute atomic E-state index is 0.209. The maximum Gasteiger partial charge on any atom is 0.135 e. The van der Waals surface area contributed by atoms with E-state index in [0.717, 1.165) is 5.57 Å². The van der Waals surface area contributed by atoms with Gasteiger partial charge in [0.05, 0.1) is 50.7 Å². The van der Waals surface area contributed by atoms with Crippen LogP contribution in [-0.2, 0) is 0 Å². The Labute approximate surface area is 189 Å². The van der Waals surface area contributed by atoms with Gasteiger partial charge >= 0.3 is 0 Å². The summed E-state index contributed by atoms with van der Waals surface area (Å²) in [5.74, 6) is 0.209. The van der Waals surface area contributed by atoms with Gasteiger partial charge in [-0.25, -0.2) is 0 Å². The molecule has 0 radical (unpaired) electrons. The normalized spacial score (nSPS) is 24.0. The molecule has 0 saturated carbocycles. The van der Waals surface area contributed by atoms with E-state index >= 15 is 0 Å². The molecular formula is C21H40N4O7. The zero-order chi connectivity index (χ0) is 23.7. The quantitative estimate of drug-likeness (QED) is 0.175. The van der Waals surface area contributed by atoms with E-state index in [1.165, 1.54) is 0 Å². The summed E-state index contributed by atoms with van der Waals surface area (Å²) >= 11 is 0. The van der Waals surface area contributed by atoms with Crippen LogP contribution in [0.25, 0.3) is 0 Å². The molecule has 0 aromatic carbocycles. The lowest BCUT2D eigenvalue weighted by Crippen LogP contribution is -2.53. The largest absolute Gasteiger partial charge is 0.506 e. The van der Waals surface area contributed by atoms with Gasteiger partial charge in [0.15, 0.2) is 0 Å². The molecule has 2 heterocycles. The van der Waals surface area contributed by atoms with Crippen molar-refractivity contribution in [3.05, 3.63) is 23.6 Å². The Morgan fingerprint density at radius 2 is 1.25 bits per heavy atom. The molecule has 0 bridgehead atoms. The predicted octanol–water partition coefficient (Wildman–Crippen LogP) is -3.39. The summed E-state index contributed by atoms with van der Waals surface area (Å²) in [5.41, 5.74) is 0.809. The number of likely N-dealkylation sites (N-methyl/N-ethyl adjacent to an activating group) is 1. The molecule has 1 fully saturated rings. The highest BCUT2D eigenvalue weighted by molar-refractivity contribution is 5.29. The molecule has 4 atom stereocenters. The number of hydrogen-bond acceptors (Lipinski definition) is 11. The number of rotatable bonds is 10. The van der Waals surface area contributed by atoms with Crippen molar-refractivity contribution >= 4 is 0 Å². The van der Waals surface area contributed by atoms with E-state index in [2.05, 4.69) is 4.90 Å². The third-order valence-electron chi connectivity index (χ3n) is 6.35. The lowest BCUT2D eigenvalue weighted by Gasteiger charge is -2.36. The molecule has 11 heteroatoms. The van der Waals surface area contributed by atoms with Gasteiger partial charge in [-0.3, -0.25) is 14.7 Å². The van der Waals surface area contributed by atoms with Crippen molar-refractivity contribution in [2.24, 2.45) is 0 Å². The third kappa shape index (κ3) is 7.37. The minimum atomic E-state index is -1.11. The highest BCUT2D eigenvalue weighted by Gasteiger charge is 2.31. The van der Waals surface area contributed by atoms with E-state index < -0.39 is 37.5 Å².